The number of nitrogens with one attached hydrogen (secondary N) is 1. The summed E-state index contributed by atoms with van der Waals surface area (Å²) in [7, 11) is 2.87. The minimum Gasteiger partial charge on any atom is -0.497 e. The molecule has 0 saturated carbocycles. The maximum Gasteiger partial charge on any atom is 0.337 e. The molecule has 1 heterocycles. The minimum absolute atomic E-state index is 0.0509. The van der Waals surface area contributed by atoms with E-state index in [4.69, 9.17) is 16.3 Å². The fourth-order valence-corrected chi connectivity index (χ4v) is 3.39. The topological polar surface area (TPSA) is 74.2 Å². The SMILES string of the molecule is COc1ccc(NC(N=C2C(=O)N(C)C(=O)N2c2ccccc2F)C(Br)(Br)CCl)cc1. The summed E-state index contributed by atoms with van der Waals surface area (Å²) in [5.74, 6) is -0.849. The van der Waals surface area contributed by atoms with E-state index in [2.05, 4.69) is 42.2 Å². The number of amides is 3. The number of ether oxygens (including phenoxy) is 1. The number of alkyl halides is 3. The summed E-state index contributed by atoms with van der Waals surface area (Å²) in [4.78, 5) is 31.8. The second kappa shape index (κ2) is 9.54. The van der Waals surface area contributed by atoms with E-state index in [0.717, 1.165) is 9.80 Å². The van der Waals surface area contributed by atoms with Crippen LogP contribution in [0.2, 0.25) is 0 Å². The Hall–Kier alpha value is -2.17. The normalized spacial score (nSPS) is 16.8. The van der Waals surface area contributed by atoms with Crippen molar-refractivity contribution in [1.82, 2.24) is 4.90 Å². The van der Waals surface area contributed by atoms with Crippen LogP contribution in [0.1, 0.15) is 0 Å². The van der Waals surface area contributed by atoms with Gasteiger partial charge in [-0.05, 0) is 36.4 Å². The average Bonchev–Trinajstić information content (AvgIpc) is 2.97. The quantitative estimate of drug-likeness (QED) is 0.380. The third kappa shape index (κ3) is 4.86. The number of carbonyl (C=O) groups is 2. The minimum atomic E-state index is -0.986. The largest absolute Gasteiger partial charge is 0.497 e. The van der Waals surface area contributed by atoms with E-state index in [1.165, 1.54) is 25.2 Å². The Morgan fingerprint density at radius 1 is 1.19 bits per heavy atom. The van der Waals surface area contributed by atoms with Crippen LogP contribution >= 0.6 is 43.5 Å². The molecule has 3 rings (SSSR count). The van der Waals surface area contributed by atoms with Gasteiger partial charge in [0.1, 0.15) is 21.0 Å². The highest BCUT2D eigenvalue weighted by Gasteiger charge is 2.44. The van der Waals surface area contributed by atoms with Crippen molar-refractivity contribution in [3.05, 3.63) is 54.3 Å². The molecule has 1 fully saturated rings. The van der Waals surface area contributed by atoms with Gasteiger partial charge < -0.3 is 10.1 Å². The molecule has 2 aromatic rings. The van der Waals surface area contributed by atoms with E-state index in [1.807, 2.05) is 0 Å². The van der Waals surface area contributed by atoms with E-state index in [9.17, 15) is 14.0 Å². The number of anilines is 2. The van der Waals surface area contributed by atoms with Crippen molar-refractivity contribution in [2.45, 2.75) is 9.40 Å². The molecule has 1 saturated heterocycles. The smallest absolute Gasteiger partial charge is 0.337 e. The van der Waals surface area contributed by atoms with Gasteiger partial charge in [-0.15, -0.1) is 11.6 Å². The first-order chi connectivity index (χ1) is 14.7. The van der Waals surface area contributed by atoms with Crippen molar-refractivity contribution in [3.8, 4) is 5.75 Å². The Balaban J connectivity index is 2.06. The van der Waals surface area contributed by atoms with Gasteiger partial charge in [0.25, 0.3) is 5.91 Å². The molecule has 7 nitrogen and oxygen atoms in total. The molecule has 0 bridgehead atoms. The van der Waals surface area contributed by atoms with E-state index < -0.39 is 27.2 Å². The monoisotopic (exact) mass is 574 g/mol. The lowest BCUT2D eigenvalue weighted by atomic mass is 10.2. The summed E-state index contributed by atoms with van der Waals surface area (Å²) in [6, 6.07) is 12.0. The average molecular weight is 577 g/mol. The molecule has 1 N–H and O–H groups in total. The summed E-state index contributed by atoms with van der Waals surface area (Å²) in [6.45, 7) is 0. The highest BCUT2D eigenvalue weighted by molar-refractivity contribution is 9.25. The summed E-state index contributed by atoms with van der Waals surface area (Å²) < 4.78 is 18.6. The molecule has 1 unspecified atom stereocenters. The molecule has 1 aliphatic rings. The predicted octanol–water partition coefficient (Wildman–Crippen LogP) is 4.79. The van der Waals surface area contributed by atoms with Crippen molar-refractivity contribution in [2.75, 3.05) is 30.3 Å². The van der Waals surface area contributed by atoms with Gasteiger partial charge in [-0.2, -0.15) is 0 Å². The van der Waals surface area contributed by atoms with Gasteiger partial charge in [-0.1, -0.05) is 44.0 Å². The number of nitrogens with zero attached hydrogens (tertiary/aromatic N) is 3. The van der Waals surface area contributed by atoms with Gasteiger partial charge in [0.15, 0.2) is 0 Å². The fraction of sp³-hybridized carbons (Fsp3) is 0.250. The van der Waals surface area contributed by atoms with Crippen LogP contribution < -0.4 is 15.0 Å². The fourth-order valence-electron chi connectivity index (χ4n) is 2.81. The molecule has 1 atom stereocenters. The van der Waals surface area contributed by atoms with Crippen LogP contribution in [0.3, 0.4) is 0 Å². The van der Waals surface area contributed by atoms with E-state index in [0.29, 0.717) is 11.4 Å². The maximum atomic E-state index is 14.5. The molecule has 0 radical (unpaired) electrons. The van der Waals surface area contributed by atoms with Crippen molar-refractivity contribution < 1.29 is 18.7 Å². The second-order valence-corrected chi connectivity index (χ2v) is 10.7. The van der Waals surface area contributed by atoms with Crippen molar-refractivity contribution >= 4 is 72.6 Å². The number of para-hydroxylation sites is 1. The zero-order valence-corrected chi connectivity index (χ0v) is 20.4. The third-order valence-electron chi connectivity index (χ3n) is 4.50. The Morgan fingerprint density at radius 2 is 1.84 bits per heavy atom. The predicted molar refractivity (Wildman–Crippen MR) is 126 cm³/mol. The number of imide groups is 1. The number of halogens is 4. The summed E-state index contributed by atoms with van der Waals surface area (Å²) in [5, 5.41) is 3.16. The molecule has 2 aromatic carbocycles. The number of urea groups is 1. The van der Waals surface area contributed by atoms with Gasteiger partial charge in [-0.25, -0.2) is 19.1 Å². The highest BCUT2D eigenvalue weighted by Crippen LogP contribution is 2.36. The molecule has 1 aliphatic heterocycles. The van der Waals surface area contributed by atoms with Gasteiger partial charge in [0.05, 0.1) is 18.7 Å². The number of hydrogen-bond acceptors (Lipinski definition) is 5. The summed E-state index contributed by atoms with van der Waals surface area (Å²) in [6.07, 6.45) is -0.856. The number of aliphatic imine (C=N–C) groups is 1. The number of methoxy groups -OCH3 is 1. The van der Waals surface area contributed by atoms with Crippen LogP contribution in [0.5, 0.6) is 5.75 Å². The van der Waals surface area contributed by atoms with Crippen LogP contribution in [-0.4, -0.2) is 52.1 Å². The van der Waals surface area contributed by atoms with Gasteiger partial charge in [-0.3, -0.25) is 9.69 Å². The number of likely N-dealkylation sites (N-methyl/N-ethyl adjacent to an activating group) is 1. The van der Waals surface area contributed by atoms with Gasteiger partial charge in [0.2, 0.25) is 5.84 Å². The summed E-state index contributed by atoms with van der Waals surface area (Å²) in [5.41, 5.74) is 0.582. The Kier molecular flexibility index (Phi) is 7.23. The molecule has 31 heavy (non-hydrogen) atoms. The van der Waals surface area contributed by atoms with Crippen molar-refractivity contribution in [1.29, 1.82) is 0 Å². The molecule has 0 aromatic heterocycles. The molecule has 0 aliphatic carbocycles. The van der Waals surface area contributed by atoms with Gasteiger partial charge in [0, 0.05) is 12.7 Å². The number of hydrogen-bond donors (Lipinski definition) is 1. The molecular weight excluding hydrogens is 559 g/mol. The van der Waals surface area contributed by atoms with Crippen LogP contribution in [0, 0.1) is 5.82 Å². The van der Waals surface area contributed by atoms with Crippen LogP contribution in [0.4, 0.5) is 20.6 Å². The lowest BCUT2D eigenvalue weighted by molar-refractivity contribution is -0.119. The molecule has 164 valence electrons. The zero-order chi connectivity index (χ0) is 22.8. The number of rotatable bonds is 7. The molecule has 0 spiro atoms. The molecule has 11 heteroatoms. The number of benzene rings is 2. The zero-order valence-electron chi connectivity index (χ0n) is 16.5. The van der Waals surface area contributed by atoms with E-state index >= 15 is 0 Å². The first-order valence-electron chi connectivity index (χ1n) is 8.98. The van der Waals surface area contributed by atoms with Crippen LogP contribution in [0.25, 0.3) is 0 Å². The highest BCUT2D eigenvalue weighted by atomic mass is 79.9. The van der Waals surface area contributed by atoms with Crippen LogP contribution in [-0.2, 0) is 4.79 Å². The van der Waals surface area contributed by atoms with Crippen molar-refractivity contribution in [3.63, 3.8) is 0 Å². The number of carbonyl (C=O) groups excluding carboxylic acids is 2. The lowest BCUT2D eigenvalue weighted by Crippen LogP contribution is -2.41. The van der Waals surface area contributed by atoms with E-state index in [1.54, 1.807) is 37.4 Å². The Morgan fingerprint density at radius 3 is 2.42 bits per heavy atom. The molecular formula is C20H18Br2ClFN4O3. The van der Waals surface area contributed by atoms with Crippen molar-refractivity contribution in [2.24, 2.45) is 4.99 Å². The molecule has 3 amide bonds. The third-order valence-corrected chi connectivity index (χ3v) is 7.00. The Bertz CT molecular complexity index is 1020. The lowest BCUT2D eigenvalue weighted by Gasteiger charge is -2.28. The number of amidine groups is 1. The second-order valence-electron chi connectivity index (χ2n) is 6.56. The standard InChI is InChI=1S/C20H18Br2ClFN4O3/c1-27-17(29)16(28(19(27)30)15-6-4-3-5-14(15)24)26-18(20(21,22)11-23)25-12-7-9-13(31-2)10-8-12/h3-10,18,25H,11H2,1-2H3. The maximum absolute atomic E-state index is 14.5. The summed E-state index contributed by atoms with van der Waals surface area (Å²) >= 11 is 13.0. The Labute approximate surface area is 200 Å². The first kappa shape index (κ1) is 23.5. The van der Waals surface area contributed by atoms with E-state index in [-0.39, 0.29) is 17.4 Å². The van der Waals surface area contributed by atoms with Crippen LogP contribution in [0.15, 0.2) is 53.5 Å². The van der Waals surface area contributed by atoms with Gasteiger partial charge >= 0.3 is 6.03 Å². The first-order valence-corrected chi connectivity index (χ1v) is 11.1.